The van der Waals surface area contributed by atoms with Crippen molar-refractivity contribution < 1.29 is 14.3 Å². The maximum absolute atomic E-state index is 11.9. The van der Waals surface area contributed by atoms with Crippen molar-refractivity contribution in [1.29, 1.82) is 0 Å². The molecule has 2 rings (SSSR count). The molecular formula is C17H20N2O3. The molecule has 0 aliphatic carbocycles. The highest BCUT2D eigenvalue weighted by Gasteiger charge is 2.07. The summed E-state index contributed by atoms with van der Waals surface area (Å²) in [5.74, 6) is 1.36. The molecule has 1 N–H and O–H groups in total. The first-order chi connectivity index (χ1) is 10.7. The Hall–Kier alpha value is -2.56. The number of aryl methyl sites for hydroxylation is 1. The zero-order valence-electron chi connectivity index (χ0n) is 12.8. The fraction of sp³-hybridized carbons (Fsp3) is 0.294. The van der Waals surface area contributed by atoms with Gasteiger partial charge in [0.25, 0.3) is 0 Å². The number of nitrogens with one attached hydrogen (secondary N) is 1. The first-order valence-electron chi connectivity index (χ1n) is 7.10. The molecular weight excluding hydrogens is 280 g/mol. The van der Waals surface area contributed by atoms with Crippen molar-refractivity contribution in [3.05, 3.63) is 53.9 Å². The van der Waals surface area contributed by atoms with Crippen LogP contribution >= 0.6 is 0 Å². The summed E-state index contributed by atoms with van der Waals surface area (Å²) in [6, 6.07) is 11.3. The fourth-order valence-corrected chi connectivity index (χ4v) is 2.07. The Morgan fingerprint density at radius 1 is 1.14 bits per heavy atom. The van der Waals surface area contributed by atoms with Crippen molar-refractivity contribution >= 4 is 5.91 Å². The van der Waals surface area contributed by atoms with Crippen LogP contribution in [0.15, 0.2) is 42.6 Å². The van der Waals surface area contributed by atoms with Crippen LogP contribution in [0.25, 0.3) is 0 Å². The van der Waals surface area contributed by atoms with Gasteiger partial charge in [-0.05, 0) is 36.2 Å². The molecule has 0 bridgehead atoms. The van der Waals surface area contributed by atoms with Crippen molar-refractivity contribution in [2.24, 2.45) is 0 Å². The van der Waals surface area contributed by atoms with E-state index in [-0.39, 0.29) is 5.91 Å². The quantitative estimate of drug-likeness (QED) is 0.852. The van der Waals surface area contributed by atoms with Gasteiger partial charge >= 0.3 is 0 Å². The number of amides is 1. The van der Waals surface area contributed by atoms with Crippen LogP contribution in [-0.2, 0) is 17.8 Å². The van der Waals surface area contributed by atoms with Gasteiger partial charge in [-0.1, -0.05) is 12.1 Å². The van der Waals surface area contributed by atoms with E-state index in [2.05, 4.69) is 10.3 Å². The number of hydrogen-bond donors (Lipinski definition) is 1. The molecule has 0 atom stereocenters. The van der Waals surface area contributed by atoms with Gasteiger partial charge in [0, 0.05) is 12.6 Å². The van der Waals surface area contributed by atoms with Crippen LogP contribution in [0.5, 0.6) is 11.5 Å². The molecule has 1 heterocycles. The van der Waals surface area contributed by atoms with Gasteiger partial charge in [0.1, 0.15) is 0 Å². The number of carbonyl (C=O) groups is 1. The van der Waals surface area contributed by atoms with Gasteiger partial charge in [-0.15, -0.1) is 0 Å². The van der Waals surface area contributed by atoms with Gasteiger partial charge < -0.3 is 14.8 Å². The lowest BCUT2D eigenvalue weighted by Gasteiger charge is -2.09. The van der Waals surface area contributed by atoms with E-state index >= 15 is 0 Å². The largest absolute Gasteiger partial charge is 0.493 e. The summed E-state index contributed by atoms with van der Waals surface area (Å²) in [5.41, 5.74) is 1.88. The second-order valence-electron chi connectivity index (χ2n) is 4.79. The van der Waals surface area contributed by atoms with Crippen LogP contribution in [0, 0.1) is 0 Å². The number of rotatable bonds is 7. The van der Waals surface area contributed by atoms with E-state index in [0.29, 0.717) is 30.9 Å². The van der Waals surface area contributed by atoms with E-state index in [4.69, 9.17) is 9.47 Å². The van der Waals surface area contributed by atoms with Crippen LogP contribution in [0.4, 0.5) is 0 Å². The first kappa shape index (κ1) is 15.8. The van der Waals surface area contributed by atoms with E-state index in [1.54, 1.807) is 20.4 Å². The Morgan fingerprint density at radius 3 is 2.64 bits per heavy atom. The minimum Gasteiger partial charge on any atom is -0.493 e. The standard InChI is InChI=1S/C17H20N2O3/c1-21-15-8-6-13(11-16(15)22-2)7-9-17(20)19-12-14-5-3-4-10-18-14/h3-6,8,10-11H,7,9,12H2,1-2H3,(H,19,20). The molecule has 5 nitrogen and oxygen atoms in total. The molecule has 0 fully saturated rings. The third kappa shape index (κ3) is 4.48. The number of methoxy groups -OCH3 is 2. The van der Waals surface area contributed by atoms with E-state index < -0.39 is 0 Å². The molecule has 22 heavy (non-hydrogen) atoms. The predicted molar refractivity (Wildman–Crippen MR) is 84.0 cm³/mol. The van der Waals surface area contributed by atoms with Crippen molar-refractivity contribution in [3.63, 3.8) is 0 Å². The summed E-state index contributed by atoms with van der Waals surface area (Å²) in [6.45, 7) is 0.450. The van der Waals surface area contributed by atoms with Gasteiger partial charge in [-0.3, -0.25) is 9.78 Å². The molecule has 0 aliphatic heterocycles. The normalized spacial score (nSPS) is 10.1. The number of pyridine rings is 1. The van der Waals surface area contributed by atoms with Crippen LogP contribution in [0.3, 0.4) is 0 Å². The van der Waals surface area contributed by atoms with Gasteiger partial charge in [-0.2, -0.15) is 0 Å². The summed E-state index contributed by atoms with van der Waals surface area (Å²) in [6.07, 6.45) is 2.78. The van der Waals surface area contributed by atoms with Crippen LogP contribution in [0.2, 0.25) is 0 Å². The number of nitrogens with zero attached hydrogens (tertiary/aromatic N) is 1. The SMILES string of the molecule is COc1ccc(CCC(=O)NCc2ccccn2)cc1OC. The van der Waals surface area contributed by atoms with Crippen molar-refractivity contribution in [2.45, 2.75) is 19.4 Å². The first-order valence-corrected chi connectivity index (χ1v) is 7.10. The topological polar surface area (TPSA) is 60.5 Å². The lowest BCUT2D eigenvalue weighted by Crippen LogP contribution is -2.23. The number of benzene rings is 1. The molecule has 0 spiro atoms. The summed E-state index contributed by atoms with van der Waals surface area (Å²) in [5, 5.41) is 2.86. The monoisotopic (exact) mass is 300 g/mol. The highest BCUT2D eigenvalue weighted by atomic mass is 16.5. The minimum absolute atomic E-state index is 0.000406. The second-order valence-corrected chi connectivity index (χ2v) is 4.79. The van der Waals surface area contributed by atoms with E-state index in [9.17, 15) is 4.79 Å². The molecule has 116 valence electrons. The Balaban J connectivity index is 1.83. The van der Waals surface area contributed by atoms with Gasteiger partial charge in [0.05, 0.1) is 26.5 Å². The minimum atomic E-state index is 0.000406. The number of carbonyl (C=O) groups excluding carboxylic acids is 1. The number of ether oxygens (including phenoxy) is 2. The molecule has 0 saturated carbocycles. The summed E-state index contributed by atoms with van der Waals surface area (Å²) in [7, 11) is 3.20. The van der Waals surface area contributed by atoms with Crippen LogP contribution < -0.4 is 14.8 Å². The highest BCUT2D eigenvalue weighted by Crippen LogP contribution is 2.27. The van der Waals surface area contributed by atoms with Crippen molar-refractivity contribution in [2.75, 3.05) is 14.2 Å². The van der Waals surface area contributed by atoms with E-state index in [0.717, 1.165) is 11.3 Å². The summed E-state index contributed by atoms with van der Waals surface area (Å²) < 4.78 is 10.4. The zero-order chi connectivity index (χ0) is 15.8. The molecule has 0 aliphatic rings. The zero-order valence-corrected chi connectivity index (χ0v) is 12.8. The number of aromatic nitrogens is 1. The lowest BCUT2D eigenvalue weighted by molar-refractivity contribution is -0.121. The third-order valence-corrected chi connectivity index (χ3v) is 3.28. The Bertz CT molecular complexity index is 615. The second kappa shape index (κ2) is 8.02. The maximum atomic E-state index is 11.9. The average molecular weight is 300 g/mol. The molecule has 0 saturated heterocycles. The fourth-order valence-electron chi connectivity index (χ4n) is 2.07. The van der Waals surface area contributed by atoms with Crippen molar-refractivity contribution in [1.82, 2.24) is 10.3 Å². The summed E-state index contributed by atoms with van der Waals surface area (Å²) >= 11 is 0. The van der Waals surface area contributed by atoms with Gasteiger partial charge in [0.2, 0.25) is 5.91 Å². The Morgan fingerprint density at radius 2 is 1.95 bits per heavy atom. The van der Waals surface area contributed by atoms with Gasteiger partial charge in [0.15, 0.2) is 11.5 Å². The Kier molecular flexibility index (Phi) is 5.77. The molecule has 2 aromatic rings. The lowest BCUT2D eigenvalue weighted by atomic mass is 10.1. The predicted octanol–water partition coefficient (Wildman–Crippen LogP) is 2.35. The third-order valence-electron chi connectivity index (χ3n) is 3.28. The van der Waals surface area contributed by atoms with Crippen LogP contribution in [-0.4, -0.2) is 25.1 Å². The molecule has 1 aromatic carbocycles. The molecule has 0 unspecified atom stereocenters. The van der Waals surface area contributed by atoms with E-state index in [1.165, 1.54) is 0 Å². The Labute approximate surface area is 130 Å². The summed E-state index contributed by atoms with van der Waals surface area (Å²) in [4.78, 5) is 16.0. The maximum Gasteiger partial charge on any atom is 0.220 e. The van der Waals surface area contributed by atoms with Crippen LogP contribution in [0.1, 0.15) is 17.7 Å². The van der Waals surface area contributed by atoms with Gasteiger partial charge in [-0.25, -0.2) is 0 Å². The molecule has 5 heteroatoms. The number of hydrogen-bond acceptors (Lipinski definition) is 4. The van der Waals surface area contributed by atoms with Crippen molar-refractivity contribution in [3.8, 4) is 11.5 Å². The highest BCUT2D eigenvalue weighted by molar-refractivity contribution is 5.76. The average Bonchev–Trinajstić information content (AvgIpc) is 2.58. The van der Waals surface area contributed by atoms with E-state index in [1.807, 2.05) is 36.4 Å². The molecule has 1 aromatic heterocycles. The smallest absolute Gasteiger partial charge is 0.220 e. The molecule has 1 amide bonds. The molecule has 0 radical (unpaired) electrons.